The number of carbonyl (C=O) groups is 1. The number of nitrogens with zero attached hydrogens (tertiary/aromatic N) is 1. The lowest BCUT2D eigenvalue weighted by Crippen LogP contribution is -2.44. The van der Waals surface area contributed by atoms with E-state index in [1.54, 1.807) is 38.4 Å². The number of benzene rings is 1. The first-order valence-corrected chi connectivity index (χ1v) is 6.96. The first-order valence-electron chi connectivity index (χ1n) is 6.96. The van der Waals surface area contributed by atoms with Crippen molar-refractivity contribution in [2.45, 2.75) is 19.9 Å². The fourth-order valence-electron chi connectivity index (χ4n) is 1.67. The van der Waals surface area contributed by atoms with Crippen molar-refractivity contribution < 1.29 is 9.53 Å². The molecule has 6 nitrogen and oxygen atoms in total. The number of amides is 1. The summed E-state index contributed by atoms with van der Waals surface area (Å²) in [6, 6.07) is 7.32. The van der Waals surface area contributed by atoms with Gasteiger partial charge >= 0.3 is 0 Å². The third-order valence-electron chi connectivity index (χ3n) is 2.70. The second-order valence-corrected chi connectivity index (χ2v) is 4.78. The van der Waals surface area contributed by atoms with Gasteiger partial charge in [0.15, 0.2) is 5.96 Å². The summed E-state index contributed by atoms with van der Waals surface area (Å²) in [5, 5.41) is 9.15. The largest absolute Gasteiger partial charge is 0.497 e. The van der Waals surface area contributed by atoms with Crippen LogP contribution >= 0.6 is 24.0 Å². The molecule has 7 heteroatoms. The van der Waals surface area contributed by atoms with E-state index in [1.807, 2.05) is 13.8 Å². The summed E-state index contributed by atoms with van der Waals surface area (Å²) >= 11 is 0. The Morgan fingerprint density at radius 3 is 2.27 bits per heavy atom. The highest BCUT2D eigenvalue weighted by Crippen LogP contribution is 2.10. The molecule has 0 fully saturated rings. The zero-order valence-corrected chi connectivity index (χ0v) is 15.8. The molecular formula is C15H25IN4O2. The molecule has 0 aliphatic heterocycles. The molecule has 0 bridgehead atoms. The van der Waals surface area contributed by atoms with Crippen LogP contribution in [-0.2, 0) is 0 Å². The van der Waals surface area contributed by atoms with Gasteiger partial charge in [0.05, 0.1) is 7.11 Å². The molecule has 22 heavy (non-hydrogen) atoms. The van der Waals surface area contributed by atoms with E-state index in [1.165, 1.54) is 0 Å². The highest BCUT2D eigenvalue weighted by Gasteiger charge is 2.05. The third kappa shape index (κ3) is 7.48. The van der Waals surface area contributed by atoms with Crippen molar-refractivity contribution in [3.8, 4) is 5.75 Å². The maximum Gasteiger partial charge on any atom is 0.251 e. The topological polar surface area (TPSA) is 74.8 Å². The number of nitrogens with one attached hydrogen (secondary N) is 3. The lowest BCUT2D eigenvalue weighted by atomic mass is 10.2. The predicted molar refractivity (Wildman–Crippen MR) is 100 cm³/mol. The van der Waals surface area contributed by atoms with Crippen molar-refractivity contribution in [1.82, 2.24) is 16.0 Å². The Morgan fingerprint density at radius 1 is 1.18 bits per heavy atom. The van der Waals surface area contributed by atoms with Crippen molar-refractivity contribution in [3.63, 3.8) is 0 Å². The summed E-state index contributed by atoms with van der Waals surface area (Å²) in [4.78, 5) is 16.0. The molecular weight excluding hydrogens is 395 g/mol. The zero-order valence-electron chi connectivity index (χ0n) is 13.5. The molecule has 3 N–H and O–H groups in total. The van der Waals surface area contributed by atoms with E-state index in [0.717, 1.165) is 11.7 Å². The number of halogens is 1. The van der Waals surface area contributed by atoms with Gasteiger partial charge < -0.3 is 20.7 Å². The Hall–Kier alpha value is -1.51. The van der Waals surface area contributed by atoms with Gasteiger partial charge in [0.2, 0.25) is 0 Å². The summed E-state index contributed by atoms with van der Waals surface area (Å²) in [7, 11) is 3.31. The Morgan fingerprint density at radius 2 is 1.77 bits per heavy atom. The highest BCUT2D eigenvalue weighted by atomic mass is 127. The molecule has 0 aliphatic carbocycles. The number of hydrogen-bond acceptors (Lipinski definition) is 3. The van der Waals surface area contributed by atoms with Crippen LogP contribution in [0.1, 0.15) is 24.2 Å². The van der Waals surface area contributed by atoms with Crippen LogP contribution in [-0.4, -0.2) is 45.2 Å². The van der Waals surface area contributed by atoms with E-state index >= 15 is 0 Å². The standard InChI is InChI=1S/C15H24N4O2.HI/c1-11(2)19-15(16-3)18-10-9-17-14(20)12-5-7-13(21-4)8-6-12;/h5-8,11H,9-10H2,1-4H3,(H,17,20)(H2,16,18,19);1H. The number of aliphatic imine (C=N–C) groups is 1. The quantitative estimate of drug-likeness (QED) is 0.283. The number of methoxy groups -OCH3 is 1. The number of carbonyl (C=O) groups excluding carboxylic acids is 1. The van der Waals surface area contributed by atoms with Gasteiger partial charge in [-0.15, -0.1) is 24.0 Å². The van der Waals surface area contributed by atoms with E-state index in [0.29, 0.717) is 24.7 Å². The molecule has 1 rings (SSSR count). The number of hydrogen-bond donors (Lipinski definition) is 3. The van der Waals surface area contributed by atoms with Crippen molar-refractivity contribution in [3.05, 3.63) is 29.8 Å². The van der Waals surface area contributed by atoms with E-state index in [-0.39, 0.29) is 29.9 Å². The van der Waals surface area contributed by atoms with Gasteiger partial charge in [-0.05, 0) is 38.1 Å². The average molecular weight is 420 g/mol. The van der Waals surface area contributed by atoms with Crippen LogP contribution in [0.5, 0.6) is 5.75 Å². The SMILES string of the molecule is CN=C(NCCNC(=O)c1ccc(OC)cc1)NC(C)C.I. The van der Waals surface area contributed by atoms with Crippen molar-refractivity contribution in [2.75, 3.05) is 27.2 Å². The molecule has 124 valence electrons. The maximum absolute atomic E-state index is 11.9. The van der Waals surface area contributed by atoms with Crippen molar-refractivity contribution in [1.29, 1.82) is 0 Å². The predicted octanol–water partition coefficient (Wildman–Crippen LogP) is 1.62. The third-order valence-corrected chi connectivity index (χ3v) is 2.70. The van der Waals surface area contributed by atoms with Crippen LogP contribution in [0, 0.1) is 0 Å². The summed E-state index contributed by atoms with van der Waals surface area (Å²) in [6.45, 7) is 5.20. The normalized spacial score (nSPS) is 10.7. The maximum atomic E-state index is 11.9. The monoisotopic (exact) mass is 420 g/mol. The van der Waals surface area contributed by atoms with E-state index < -0.39 is 0 Å². The molecule has 0 heterocycles. The number of guanidine groups is 1. The summed E-state index contributed by atoms with van der Waals surface area (Å²) in [5.74, 6) is 1.35. The fraction of sp³-hybridized carbons (Fsp3) is 0.467. The van der Waals surface area contributed by atoms with Crippen LogP contribution in [0.4, 0.5) is 0 Å². The average Bonchev–Trinajstić information content (AvgIpc) is 2.49. The minimum Gasteiger partial charge on any atom is -0.497 e. The second kappa shape index (κ2) is 11.1. The van der Waals surface area contributed by atoms with Crippen LogP contribution in [0.3, 0.4) is 0 Å². The van der Waals surface area contributed by atoms with Crippen LogP contribution < -0.4 is 20.7 Å². The number of ether oxygens (including phenoxy) is 1. The minimum absolute atomic E-state index is 0. The fourth-order valence-corrected chi connectivity index (χ4v) is 1.67. The summed E-state index contributed by atoms with van der Waals surface area (Å²) in [6.07, 6.45) is 0. The second-order valence-electron chi connectivity index (χ2n) is 4.78. The Balaban J connectivity index is 0.00000441. The van der Waals surface area contributed by atoms with Gasteiger partial charge in [0.25, 0.3) is 5.91 Å². The van der Waals surface area contributed by atoms with Crippen LogP contribution in [0.2, 0.25) is 0 Å². The Kier molecular flexibility index (Phi) is 10.3. The summed E-state index contributed by atoms with van der Waals surface area (Å²) < 4.78 is 5.06. The van der Waals surface area contributed by atoms with Gasteiger partial charge in [-0.25, -0.2) is 0 Å². The van der Waals surface area contributed by atoms with E-state index in [9.17, 15) is 4.79 Å². The van der Waals surface area contributed by atoms with E-state index in [4.69, 9.17) is 4.74 Å². The zero-order chi connectivity index (χ0) is 15.7. The molecule has 0 radical (unpaired) electrons. The Labute approximate surface area is 149 Å². The molecule has 0 aliphatic rings. The van der Waals surface area contributed by atoms with Crippen LogP contribution in [0.15, 0.2) is 29.3 Å². The molecule has 0 aromatic heterocycles. The molecule has 0 atom stereocenters. The lowest BCUT2D eigenvalue weighted by molar-refractivity contribution is 0.0954. The van der Waals surface area contributed by atoms with Gasteiger partial charge in [0.1, 0.15) is 5.75 Å². The molecule has 0 saturated heterocycles. The smallest absolute Gasteiger partial charge is 0.251 e. The first kappa shape index (κ1) is 20.5. The van der Waals surface area contributed by atoms with Gasteiger partial charge in [-0.2, -0.15) is 0 Å². The molecule has 1 amide bonds. The lowest BCUT2D eigenvalue weighted by Gasteiger charge is -2.14. The first-order chi connectivity index (χ1) is 10.1. The van der Waals surface area contributed by atoms with Crippen molar-refractivity contribution in [2.24, 2.45) is 4.99 Å². The van der Waals surface area contributed by atoms with Gasteiger partial charge in [-0.1, -0.05) is 0 Å². The molecule has 0 unspecified atom stereocenters. The molecule has 1 aromatic rings. The van der Waals surface area contributed by atoms with Gasteiger partial charge in [-0.3, -0.25) is 9.79 Å². The minimum atomic E-state index is -0.105. The number of rotatable bonds is 6. The van der Waals surface area contributed by atoms with Crippen molar-refractivity contribution >= 4 is 35.8 Å². The molecule has 0 saturated carbocycles. The Bertz CT molecular complexity index is 475. The highest BCUT2D eigenvalue weighted by molar-refractivity contribution is 14.0. The summed E-state index contributed by atoms with van der Waals surface area (Å²) in [5.41, 5.74) is 0.612. The molecule has 1 aromatic carbocycles. The van der Waals surface area contributed by atoms with Crippen LogP contribution in [0.25, 0.3) is 0 Å². The van der Waals surface area contributed by atoms with E-state index in [2.05, 4.69) is 20.9 Å². The molecule has 0 spiro atoms. The van der Waals surface area contributed by atoms with Gasteiger partial charge in [0, 0.05) is 31.7 Å².